The second-order valence-corrected chi connectivity index (χ2v) is 6.98. The molecule has 0 aliphatic rings. The molecule has 2 N–H and O–H groups in total. The maximum Gasteiger partial charge on any atom is 0.264 e. The summed E-state index contributed by atoms with van der Waals surface area (Å²) in [6, 6.07) is 7.65. The van der Waals surface area contributed by atoms with E-state index in [1.165, 1.54) is 0 Å². The summed E-state index contributed by atoms with van der Waals surface area (Å²) in [6.45, 7) is 7.99. The Morgan fingerprint density at radius 2 is 1.88 bits per heavy atom. The zero-order chi connectivity index (χ0) is 18.6. The highest BCUT2D eigenvalue weighted by molar-refractivity contribution is 5.94. The number of methoxy groups -OCH3 is 1. The van der Waals surface area contributed by atoms with Crippen LogP contribution in [0.3, 0.4) is 0 Å². The number of H-pyrrole nitrogens is 1. The topological polar surface area (TPSA) is 84.1 Å². The number of hydrogen-bond donors (Lipinski definition) is 2. The van der Waals surface area contributed by atoms with E-state index in [1.807, 2.05) is 45.0 Å². The molecule has 1 aromatic carbocycles. The van der Waals surface area contributed by atoms with Crippen LogP contribution in [0.15, 0.2) is 29.1 Å². The van der Waals surface area contributed by atoms with Gasteiger partial charge in [0.1, 0.15) is 17.1 Å². The minimum absolute atomic E-state index is 0.0720. The summed E-state index contributed by atoms with van der Waals surface area (Å²) in [5, 5.41) is 2.79. The highest BCUT2D eigenvalue weighted by atomic mass is 16.5. The molecule has 6 nitrogen and oxygen atoms in total. The molecule has 0 fully saturated rings. The highest BCUT2D eigenvalue weighted by Gasteiger charge is 2.21. The predicted molar refractivity (Wildman–Crippen MR) is 97.3 cm³/mol. The first-order valence-electron chi connectivity index (χ1n) is 8.25. The maximum absolute atomic E-state index is 12.3. The van der Waals surface area contributed by atoms with Crippen LogP contribution in [0.1, 0.15) is 48.2 Å². The average Bonchev–Trinajstić information content (AvgIpc) is 2.54. The minimum Gasteiger partial charge on any atom is -0.497 e. The van der Waals surface area contributed by atoms with Crippen LogP contribution in [0.5, 0.6) is 5.75 Å². The molecule has 1 aromatic heterocycles. The molecule has 0 saturated heterocycles. The van der Waals surface area contributed by atoms with Crippen LogP contribution in [-0.4, -0.2) is 29.5 Å². The summed E-state index contributed by atoms with van der Waals surface area (Å²) in [5.41, 5.74) is 0.901. The predicted octanol–water partition coefficient (Wildman–Crippen LogP) is 2.36. The highest BCUT2D eigenvalue weighted by Crippen LogP contribution is 2.17. The Labute approximate surface area is 147 Å². The van der Waals surface area contributed by atoms with E-state index >= 15 is 0 Å². The Hall–Kier alpha value is -2.63. The van der Waals surface area contributed by atoms with Gasteiger partial charge in [-0.25, -0.2) is 4.98 Å². The lowest BCUT2D eigenvalue weighted by atomic mass is 9.95. The van der Waals surface area contributed by atoms with E-state index in [9.17, 15) is 9.59 Å². The van der Waals surface area contributed by atoms with E-state index in [1.54, 1.807) is 14.0 Å². The molecular weight excluding hydrogens is 318 g/mol. The molecule has 0 bridgehead atoms. The minimum atomic E-state index is -0.403. The smallest absolute Gasteiger partial charge is 0.264 e. The number of carbonyl (C=O) groups excluding carboxylic acids is 1. The molecule has 134 valence electrons. The molecule has 1 amide bonds. The van der Waals surface area contributed by atoms with Crippen LogP contribution in [0, 0.1) is 6.92 Å². The van der Waals surface area contributed by atoms with Gasteiger partial charge >= 0.3 is 0 Å². The Balaban J connectivity index is 2.04. The monoisotopic (exact) mass is 343 g/mol. The average molecular weight is 343 g/mol. The van der Waals surface area contributed by atoms with Crippen LogP contribution < -0.4 is 15.6 Å². The maximum atomic E-state index is 12.3. The van der Waals surface area contributed by atoms with Gasteiger partial charge in [-0.05, 0) is 31.0 Å². The number of aromatic nitrogens is 2. The Morgan fingerprint density at radius 1 is 1.24 bits per heavy atom. The van der Waals surface area contributed by atoms with E-state index in [0.29, 0.717) is 24.5 Å². The van der Waals surface area contributed by atoms with Crippen LogP contribution in [-0.2, 0) is 11.8 Å². The summed E-state index contributed by atoms with van der Waals surface area (Å²) in [6.07, 6.45) is 0.667. The number of rotatable bonds is 5. The van der Waals surface area contributed by atoms with Gasteiger partial charge in [0.2, 0.25) is 0 Å². The standard InChI is InChI=1S/C19H25N3O3/c1-12-15(17(24)22-18(21-12)19(2,3)4)16(23)20-11-10-13-6-8-14(25-5)9-7-13/h6-9H,10-11H2,1-5H3,(H,20,23)(H,21,22,24). The van der Waals surface area contributed by atoms with E-state index in [2.05, 4.69) is 15.3 Å². The fourth-order valence-corrected chi connectivity index (χ4v) is 2.41. The summed E-state index contributed by atoms with van der Waals surface area (Å²) < 4.78 is 5.11. The van der Waals surface area contributed by atoms with E-state index < -0.39 is 11.5 Å². The fraction of sp³-hybridized carbons (Fsp3) is 0.421. The first-order chi connectivity index (χ1) is 11.7. The van der Waals surface area contributed by atoms with Crippen LogP contribution >= 0.6 is 0 Å². The van der Waals surface area contributed by atoms with Crippen molar-refractivity contribution in [3.8, 4) is 5.75 Å². The molecule has 0 unspecified atom stereocenters. The molecule has 2 aromatic rings. The Bertz CT molecular complexity index is 802. The van der Waals surface area contributed by atoms with Gasteiger partial charge < -0.3 is 15.0 Å². The number of hydrogen-bond acceptors (Lipinski definition) is 4. The largest absolute Gasteiger partial charge is 0.497 e. The summed E-state index contributed by atoms with van der Waals surface area (Å²) in [7, 11) is 1.62. The lowest BCUT2D eigenvalue weighted by molar-refractivity contribution is 0.0951. The van der Waals surface area contributed by atoms with Crippen molar-refractivity contribution in [2.45, 2.75) is 39.5 Å². The number of ether oxygens (including phenoxy) is 1. The molecule has 2 rings (SSSR count). The summed E-state index contributed by atoms with van der Waals surface area (Å²) in [4.78, 5) is 31.7. The summed E-state index contributed by atoms with van der Waals surface area (Å²) in [5.74, 6) is 0.963. The molecule has 0 aliphatic carbocycles. The zero-order valence-corrected chi connectivity index (χ0v) is 15.4. The second kappa shape index (κ2) is 7.51. The van der Waals surface area contributed by atoms with Crippen molar-refractivity contribution in [1.82, 2.24) is 15.3 Å². The Morgan fingerprint density at radius 3 is 2.40 bits per heavy atom. The van der Waals surface area contributed by atoms with Crippen molar-refractivity contribution < 1.29 is 9.53 Å². The number of carbonyl (C=O) groups is 1. The van der Waals surface area contributed by atoms with Crippen molar-refractivity contribution in [2.24, 2.45) is 0 Å². The van der Waals surface area contributed by atoms with Crippen molar-refractivity contribution in [2.75, 3.05) is 13.7 Å². The van der Waals surface area contributed by atoms with Gasteiger partial charge in [-0.1, -0.05) is 32.9 Å². The third kappa shape index (κ3) is 4.68. The van der Waals surface area contributed by atoms with E-state index in [-0.39, 0.29) is 11.0 Å². The third-order valence-electron chi connectivity index (χ3n) is 3.90. The molecule has 6 heteroatoms. The van der Waals surface area contributed by atoms with Gasteiger partial charge in [0.25, 0.3) is 11.5 Å². The van der Waals surface area contributed by atoms with Gasteiger partial charge in [0.15, 0.2) is 0 Å². The molecule has 0 aliphatic heterocycles. The van der Waals surface area contributed by atoms with Gasteiger partial charge in [0.05, 0.1) is 12.8 Å². The molecule has 25 heavy (non-hydrogen) atoms. The molecule has 0 radical (unpaired) electrons. The number of amides is 1. The molecule has 1 heterocycles. The van der Waals surface area contributed by atoms with Gasteiger partial charge in [0, 0.05) is 12.0 Å². The summed E-state index contributed by atoms with van der Waals surface area (Å²) >= 11 is 0. The zero-order valence-electron chi connectivity index (χ0n) is 15.4. The number of nitrogens with zero attached hydrogens (tertiary/aromatic N) is 1. The van der Waals surface area contributed by atoms with Gasteiger partial charge in [-0.2, -0.15) is 0 Å². The molecular formula is C19H25N3O3. The molecule has 0 saturated carbocycles. The van der Waals surface area contributed by atoms with Crippen molar-refractivity contribution >= 4 is 5.91 Å². The van der Waals surface area contributed by atoms with Crippen LogP contribution in [0.4, 0.5) is 0 Å². The SMILES string of the molecule is COc1ccc(CCNC(=O)c2c(C)nc(C(C)(C)C)[nH]c2=O)cc1. The van der Waals surface area contributed by atoms with Gasteiger partial charge in [-0.3, -0.25) is 9.59 Å². The first-order valence-corrected chi connectivity index (χ1v) is 8.25. The second-order valence-electron chi connectivity index (χ2n) is 6.98. The third-order valence-corrected chi connectivity index (χ3v) is 3.90. The first kappa shape index (κ1) is 18.7. The van der Waals surface area contributed by atoms with Crippen LogP contribution in [0.25, 0.3) is 0 Å². The normalized spacial score (nSPS) is 11.2. The number of aryl methyl sites for hydroxylation is 1. The lowest BCUT2D eigenvalue weighted by Gasteiger charge is -2.18. The number of aromatic amines is 1. The molecule has 0 atom stereocenters. The van der Waals surface area contributed by atoms with Crippen molar-refractivity contribution in [1.29, 1.82) is 0 Å². The van der Waals surface area contributed by atoms with E-state index in [4.69, 9.17) is 4.74 Å². The van der Waals surface area contributed by atoms with Crippen LogP contribution in [0.2, 0.25) is 0 Å². The van der Waals surface area contributed by atoms with Crippen molar-refractivity contribution in [3.05, 3.63) is 57.3 Å². The van der Waals surface area contributed by atoms with E-state index in [0.717, 1.165) is 11.3 Å². The van der Waals surface area contributed by atoms with Crippen molar-refractivity contribution in [3.63, 3.8) is 0 Å². The Kier molecular flexibility index (Phi) is 5.62. The molecule has 0 spiro atoms. The van der Waals surface area contributed by atoms with Gasteiger partial charge in [-0.15, -0.1) is 0 Å². The number of benzene rings is 1. The lowest BCUT2D eigenvalue weighted by Crippen LogP contribution is -2.34. The quantitative estimate of drug-likeness (QED) is 0.873. The fourth-order valence-electron chi connectivity index (χ4n) is 2.41. The number of nitrogens with one attached hydrogen (secondary N) is 2.